The molecule has 0 aliphatic carbocycles. The van der Waals surface area contributed by atoms with Gasteiger partial charge in [0.1, 0.15) is 16.4 Å². The first-order valence-corrected chi connectivity index (χ1v) is 9.04. The number of ether oxygens (including phenoxy) is 1. The highest BCUT2D eigenvalue weighted by Crippen LogP contribution is 2.39. The Morgan fingerprint density at radius 1 is 1.12 bits per heavy atom. The van der Waals surface area contributed by atoms with E-state index in [9.17, 15) is 18.3 Å². The summed E-state index contributed by atoms with van der Waals surface area (Å²) in [6, 6.07) is 10.2. The minimum atomic E-state index is -3.97. The number of hydrogen-bond acceptors (Lipinski definition) is 5. The fraction of sp³-hybridized carbons (Fsp3) is 0.278. The maximum atomic E-state index is 12.8. The van der Waals surface area contributed by atoms with Crippen LogP contribution in [0.25, 0.3) is 0 Å². The van der Waals surface area contributed by atoms with Gasteiger partial charge in [0.25, 0.3) is 0 Å². The first kappa shape index (κ1) is 18.8. The van der Waals surface area contributed by atoms with Gasteiger partial charge in [-0.05, 0) is 23.6 Å². The summed E-state index contributed by atoms with van der Waals surface area (Å²) in [6.07, 6.45) is 0. The number of carboxylic acid groups (broad SMARTS) is 1. The summed E-state index contributed by atoms with van der Waals surface area (Å²) in [5.74, 6) is -1.47. The number of benzene rings is 2. The molecule has 0 fully saturated rings. The van der Waals surface area contributed by atoms with E-state index in [-0.39, 0.29) is 15.5 Å². The Hall–Kier alpha value is -2.54. The Morgan fingerprint density at radius 2 is 1.72 bits per heavy atom. The van der Waals surface area contributed by atoms with E-state index in [4.69, 9.17) is 9.84 Å². The van der Waals surface area contributed by atoms with E-state index >= 15 is 0 Å². The van der Waals surface area contributed by atoms with Crippen molar-refractivity contribution in [1.82, 2.24) is 0 Å². The molecule has 0 saturated carbocycles. The number of phenolic OH excluding ortho intramolecular Hbond substituents is 1. The summed E-state index contributed by atoms with van der Waals surface area (Å²) in [6.45, 7) is 4.93. The molecule has 2 rings (SSSR count). The largest absolute Gasteiger partial charge is 0.507 e. The molecule has 0 radical (unpaired) electrons. The van der Waals surface area contributed by atoms with Gasteiger partial charge in [0.15, 0.2) is 6.61 Å². The van der Waals surface area contributed by atoms with Crippen LogP contribution in [0, 0.1) is 0 Å². The third-order valence-electron chi connectivity index (χ3n) is 3.56. The fourth-order valence-electron chi connectivity index (χ4n) is 2.34. The fourth-order valence-corrected chi connectivity index (χ4v) is 3.70. The van der Waals surface area contributed by atoms with Crippen molar-refractivity contribution >= 4 is 15.8 Å². The molecule has 2 N–H and O–H groups in total. The van der Waals surface area contributed by atoms with E-state index in [0.29, 0.717) is 5.56 Å². The Balaban J connectivity index is 2.64. The number of carboxylic acids is 1. The van der Waals surface area contributed by atoms with Crippen LogP contribution in [0.2, 0.25) is 0 Å². The average Bonchev–Trinajstić information content (AvgIpc) is 2.53. The van der Waals surface area contributed by atoms with E-state index in [1.54, 1.807) is 18.2 Å². The predicted molar refractivity (Wildman–Crippen MR) is 91.8 cm³/mol. The van der Waals surface area contributed by atoms with E-state index in [1.165, 1.54) is 24.3 Å². The van der Waals surface area contributed by atoms with Crippen molar-refractivity contribution in [3.05, 3.63) is 48.0 Å². The molecule has 134 valence electrons. The third kappa shape index (κ3) is 4.11. The molecule has 0 atom stereocenters. The molecule has 6 nitrogen and oxygen atoms in total. The van der Waals surface area contributed by atoms with Gasteiger partial charge in [0, 0.05) is 11.6 Å². The summed E-state index contributed by atoms with van der Waals surface area (Å²) < 4.78 is 30.8. The number of phenols is 1. The van der Waals surface area contributed by atoms with Gasteiger partial charge in [-0.25, -0.2) is 13.2 Å². The normalized spacial score (nSPS) is 12.0. The second-order valence-electron chi connectivity index (χ2n) is 6.56. The van der Waals surface area contributed by atoms with Crippen molar-refractivity contribution < 1.29 is 28.2 Å². The Morgan fingerprint density at radius 3 is 2.24 bits per heavy atom. The molecule has 0 bridgehead atoms. The number of rotatable bonds is 5. The van der Waals surface area contributed by atoms with Gasteiger partial charge in [-0.15, -0.1) is 0 Å². The van der Waals surface area contributed by atoms with Crippen molar-refractivity contribution in [3.63, 3.8) is 0 Å². The summed E-state index contributed by atoms with van der Waals surface area (Å²) in [4.78, 5) is 10.5. The van der Waals surface area contributed by atoms with Crippen molar-refractivity contribution in [2.45, 2.75) is 36.0 Å². The van der Waals surface area contributed by atoms with Crippen LogP contribution in [0.3, 0.4) is 0 Å². The molecule has 7 heteroatoms. The molecular formula is C18H20O6S. The van der Waals surface area contributed by atoms with E-state index in [2.05, 4.69) is 0 Å². The first-order valence-electron chi connectivity index (χ1n) is 7.55. The lowest BCUT2D eigenvalue weighted by atomic mass is 9.86. The standard InChI is InChI=1S/C18H20O6S/c1-18(2,3)13-9-14(19)16(10-15(13)24-11-17(20)21)25(22,23)12-7-5-4-6-8-12/h4-10,19H,11H2,1-3H3,(H,20,21). The molecule has 0 aromatic heterocycles. The minimum Gasteiger partial charge on any atom is -0.507 e. The van der Waals surface area contributed by atoms with Gasteiger partial charge in [0.05, 0.1) is 4.90 Å². The minimum absolute atomic E-state index is 0.0259. The molecule has 0 aliphatic rings. The number of aliphatic carboxylic acids is 1. The summed E-state index contributed by atoms with van der Waals surface area (Å²) in [5, 5.41) is 19.1. The van der Waals surface area contributed by atoms with Crippen LogP contribution in [-0.4, -0.2) is 31.2 Å². The summed E-state index contributed by atoms with van der Waals surface area (Å²) in [7, 11) is -3.97. The zero-order chi connectivity index (χ0) is 18.8. The van der Waals surface area contributed by atoms with Crippen LogP contribution in [0.5, 0.6) is 11.5 Å². The van der Waals surface area contributed by atoms with E-state index in [1.807, 2.05) is 20.8 Å². The molecule has 0 saturated heterocycles. The maximum Gasteiger partial charge on any atom is 0.341 e. The Labute approximate surface area is 146 Å². The van der Waals surface area contributed by atoms with Gasteiger partial charge >= 0.3 is 5.97 Å². The van der Waals surface area contributed by atoms with Gasteiger partial charge in [-0.2, -0.15) is 0 Å². The maximum absolute atomic E-state index is 12.8. The molecule has 25 heavy (non-hydrogen) atoms. The second kappa shape index (κ2) is 6.76. The zero-order valence-electron chi connectivity index (χ0n) is 14.2. The van der Waals surface area contributed by atoms with Gasteiger partial charge in [-0.3, -0.25) is 0 Å². The SMILES string of the molecule is CC(C)(C)c1cc(O)c(S(=O)(=O)c2ccccc2)cc1OCC(=O)O. The second-order valence-corrected chi connectivity index (χ2v) is 8.48. The van der Waals surface area contributed by atoms with Gasteiger partial charge < -0.3 is 14.9 Å². The molecule has 2 aromatic rings. The van der Waals surface area contributed by atoms with Crippen molar-refractivity contribution in [1.29, 1.82) is 0 Å². The lowest BCUT2D eigenvalue weighted by Gasteiger charge is -2.23. The van der Waals surface area contributed by atoms with Crippen LogP contribution in [0.1, 0.15) is 26.3 Å². The molecule has 0 unspecified atom stereocenters. The smallest absolute Gasteiger partial charge is 0.341 e. The Bertz CT molecular complexity index is 880. The van der Waals surface area contributed by atoms with Crippen molar-refractivity contribution in [2.75, 3.05) is 6.61 Å². The summed E-state index contributed by atoms with van der Waals surface area (Å²) in [5.41, 5.74) is 0.0265. The number of hydrogen-bond donors (Lipinski definition) is 2. The lowest BCUT2D eigenvalue weighted by molar-refractivity contribution is -0.139. The first-order chi connectivity index (χ1) is 11.5. The number of aromatic hydroxyl groups is 1. The highest BCUT2D eigenvalue weighted by atomic mass is 32.2. The lowest BCUT2D eigenvalue weighted by Crippen LogP contribution is -2.17. The van der Waals surface area contributed by atoms with E-state index in [0.717, 1.165) is 0 Å². The number of sulfone groups is 1. The highest BCUT2D eigenvalue weighted by molar-refractivity contribution is 7.91. The van der Waals surface area contributed by atoms with Crippen LogP contribution < -0.4 is 4.74 Å². The molecule has 0 amide bonds. The molecule has 2 aromatic carbocycles. The highest BCUT2D eigenvalue weighted by Gasteiger charge is 2.27. The van der Waals surface area contributed by atoms with Crippen LogP contribution in [-0.2, 0) is 20.0 Å². The average molecular weight is 364 g/mol. The molecule has 0 heterocycles. The van der Waals surface area contributed by atoms with Crippen molar-refractivity contribution in [3.8, 4) is 11.5 Å². The van der Waals surface area contributed by atoms with Crippen molar-refractivity contribution in [2.24, 2.45) is 0 Å². The third-order valence-corrected chi connectivity index (χ3v) is 5.36. The topological polar surface area (TPSA) is 101 Å². The van der Waals surface area contributed by atoms with Crippen LogP contribution >= 0.6 is 0 Å². The summed E-state index contributed by atoms with van der Waals surface area (Å²) >= 11 is 0. The van der Waals surface area contributed by atoms with Crippen LogP contribution in [0.15, 0.2) is 52.3 Å². The van der Waals surface area contributed by atoms with Gasteiger partial charge in [-0.1, -0.05) is 39.0 Å². The molecular weight excluding hydrogens is 344 g/mol. The number of carbonyl (C=O) groups is 1. The molecule has 0 spiro atoms. The van der Waals surface area contributed by atoms with Gasteiger partial charge in [0.2, 0.25) is 9.84 Å². The Kier molecular flexibility index (Phi) is 5.08. The van der Waals surface area contributed by atoms with Crippen LogP contribution in [0.4, 0.5) is 0 Å². The monoisotopic (exact) mass is 364 g/mol. The predicted octanol–water partition coefficient (Wildman–Crippen LogP) is 2.99. The van der Waals surface area contributed by atoms with E-state index < -0.39 is 33.6 Å². The quantitative estimate of drug-likeness (QED) is 0.846. The molecule has 0 aliphatic heterocycles. The zero-order valence-corrected chi connectivity index (χ0v) is 15.0.